The molecule has 15 heavy (non-hydrogen) atoms. The van der Waals surface area contributed by atoms with Gasteiger partial charge in [0.1, 0.15) is 5.75 Å². The van der Waals surface area contributed by atoms with Crippen molar-refractivity contribution in [3.8, 4) is 16.9 Å². The van der Waals surface area contributed by atoms with Crippen molar-refractivity contribution in [3.63, 3.8) is 0 Å². The lowest BCUT2D eigenvalue weighted by atomic mass is 10.1. The third-order valence-electron chi connectivity index (χ3n) is 2.21. The molecule has 1 aromatic carbocycles. The molecule has 3 heteroatoms. The highest BCUT2D eigenvalue weighted by Crippen LogP contribution is 2.22. The average molecular weight is 200 g/mol. The van der Waals surface area contributed by atoms with Crippen molar-refractivity contribution in [2.75, 3.05) is 0 Å². The van der Waals surface area contributed by atoms with E-state index in [4.69, 9.17) is 5.73 Å². The molecule has 0 amide bonds. The van der Waals surface area contributed by atoms with Crippen molar-refractivity contribution in [1.82, 2.24) is 4.98 Å². The van der Waals surface area contributed by atoms with Gasteiger partial charge in [-0.05, 0) is 29.3 Å². The van der Waals surface area contributed by atoms with Gasteiger partial charge in [-0.3, -0.25) is 4.98 Å². The number of phenols is 1. The Labute approximate surface area is 88.2 Å². The summed E-state index contributed by atoms with van der Waals surface area (Å²) in [6.07, 6.45) is 3.50. The molecular formula is C12H12N2O. The number of rotatable bonds is 2. The van der Waals surface area contributed by atoms with Crippen molar-refractivity contribution < 1.29 is 5.11 Å². The molecule has 3 nitrogen and oxygen atoms in total. The van der Waals surface area contributed by atoms with E-state index >= 15 is 0 Å². The topological polar surface area (TPSA) is 59.1 Å². The summed E-state index contributed by atoms with van der Waals surface area (Å²) in [5.74, 6) is 0.255. The van der Waals surface area contributed by atoms with Crippen LogP contribution in [0.15, 0.2) is 42.7 Å². The molecule has 0 aliphatic carbocycles. The molecule has 0 bridgehead atoms. The number of hydrogen-bond acceptors (Lipinski definition) is 3. The smallest absolute Gasteiger partial charge is 0.116 e. The molecule has 0 saturated carbocycles. The van der Waals surface area contributed by atoms with Crippen LogP contribution < -0.4 is 5.73 Å². The fraction of sp³-hybridized carbons (Fsp3) is 0.0833. The summed E-state index contributed by atoms with van der Waals surface area (Å²) >= 11 is 0. The van der Waals surface area contributed by atoms with Crippen LogP contribution in [0.4, 0.5) is 0 Å². The number of benzene rings is 1. The van der Waals surface area contributed by atoms with Crippen molar-refractivity contribution in [2.45, 2.75) is 6.54 Å². The Bertz CT molecular complexity index is 469. The Kier molecular flexibility index (Phi) is 2.65. The first-order chi connectivity index (χ1) is 7.29. The Balaban J connectivity index is 2.44. The van der Waals surface area contributed by atoms with E-state index in [2.05, 4.69) is 4.98 Å². The molecule has 0 atom stereocenters. The first kappa shape index (κ1) is 9.68. The van der Waals surface area contributed by atoms with Gasteiger partial charge >= 0.3 is 0 Å². The lowest BCUT2D eigenvalue weighted by molar-refractivity contribution is 0.475. The number of nitrogens with zero attached hydrogens (tertiary/aromatic N) is 1. The first-order valence-electron chi connectivity index (χ1n) is 4.73. The summed E-state index contributed by atoms with van der Waals surface area (Å²) in [4.78, 5) is 4.10. The molecule has 3 N–H and O–H groups in total. The molecule has 1 aromatic heterocycles. The quantitative estimate of drug-likeness (QED) is 0.778. The lowest BCUT2D eigenvalue weighted by Gasteiger charge is -2.03. The summed E-state index contributed by atoms with van der Waals surface area (Å²) in [7, 11) is 0. The van der Waals surface area contributed by atoms with Crippen LogP contribution in [-0.2, 0) is 6.54 Å². The highest BCUT2D eigenvalue weighted by Gasteiger charge is 2.00. The molecule has 76 valence electrons. The van der Waals surface area contributed by atoms with E-state index in [-0.39, 0.29) is 5.75 Å². The minimum absolute atomic E-state index is 0.255. The van der Waals surface area contributed by atoms with E-state index in [0.717, 1.165) is 16.7 Å². The molecule has 0 fully saturated rings. The van der Waals surface area contributed by atoms with Crippen LogP contribution in [0.2, 0.25) is 0 Å². The maximum absolute atomic E-state index is 9.36. The molecule has 2 rings (SSSR count). The second kappa shape index (κ2) is 4.11. The second-order valence-electron chi connectivity index (χ2n) is 3.34. The average Bonchev–Trinajstić information content (AvgIpc) is 2.29. The predicted octanol–water partition coefficient (Wildman–Crippen LogP) is 1.91. The van der Waals surface area contributed by atoms with Crippen LogP contribution in [0.25, 0.3) is 11.1 Å². The maximum Gasteiger partial charge on any atom is 0.116 e. The second-order valence-corrected chi connectivity index (χ2v) is 3.34. The van der Waals surface area contributed by atoms with Crippen LogP contribution in [0.5, 0.6) is 5.75 Å². The van der Waals surface area contributed by atoms with Gasteiger partial charge in [-0.25, -0.2) is 0 Å². The van der Waals surface area contributed by atoms with Crippen LogP contribution >= 0.6 is 0 Å². The zero-order chi connectivity index (χ0) is 10.7. The number of hydrogen-bond donors (Lipinski definition) is 2. The SMILES string of the molecule is NCc1cncc(-c2cccc(O)c2)c1. The Morgan fingerprint density at radius 1 is 1.13 bits per heavy atom. The summed E-state index contributed by atoms with van der Waals surface area (Å²) in [6, 6.07) is 9.06. The minimum Gasteiger partial charge on any atom is -0.508 e. The zero-order valence-corrected chi connectivity index (χ0v) is 8.22. The van der Waals surface area contributed by atoms with Crippen molar-refractivity contribution in [1.29, 1.82) is 0 Å². The van der Waals surface area contributed by atoms with Crippen molar-refractivity contribution in [2.24, 2.45) is 5.73 Å². The fourth-order valence-electron chi connectivity index (χ4n) is 1.44. The molecule has 1 heterocycles. The van der Waals surface area contributed by atoms with Crippen molar-refractivity contribution >= 4 is 0 Å². The largest absolute Gasteiger partial charge is 0.508 e. The summed E-state index contributed by atoms with van der Waals surface area (Å²) in [5.41, 5.74) is 8.43. The molecular weight excluding hydrogens is 188 g/mol. The van der Waals surface area contributed by atoms with Gasteiger partial charge in [0, 0.05) is 24.5 Å². The van der Waals surface area contributed by atoms with E-state index in [0.29, 0.717) is 6.54 Å². The molecule has 0 aliphatic rings. The summed E-state index contributed by atoms with van der Waals surface area (Å²) in [5, 5.41) is 9.36. The Hall–Kier alpha value is -1.87. The Morgan fingerprint density at radius 3 is 2.73 bits per heavy atom. The van der Waals surface area contributed by atoms with Gasteiger partial charge in [0.2, 0.25) is 0 Å². The third-order valence-corrected chi connectivity index (χ3v) is 2.21. The van der Waals surface area contributed by atoms with E-state index in [9.17, 15) is 5.11 Å². The van der Waals surface area contributed by atoms with Crippen LogP contribution in [0.3, 0.4) is 0 Å². The fourth-order valence-corrected chi connectivity index (χ4v) is 1.44. The molecule has 2 aromatic rings. The molecule has 0 saturated heterocycles. The number of phenolic OH excluding ortho intramolecular Hbond substituents is 1. The highest BCUT2D eigenvalue weighted by molar-refractivity contribution is 5.64. The molecule has 0 unspecified atom stereocenters. The maximum atomic E-state index is 9.36. The van der Waals surface area contributed by atoms with Gasteiger partial charge in [-0.2, -0.15) is 0 Å². The molecule has 0 spiro atoms. The van der Waals surface area contributed by atoms with Crippen LogP contribution in [-0.4, -0.2) is 10.1 Å². The van der Waals surface area contributed by atoms with Crippen LogP contribution in [0, 0.1) is 0 Å². The Morgan fingerprint density at radius 2 is 2.00 bits per heavy atom. The van der Waals surface area contributed by atoms with Crippen molar-refractivity contribution in [3.05, 3.63) is 48.3 Å². The van der Waals surface area contributed by atoms with E-state index in [1.807, 2.05) is 12.1 Å². The number of pyridine rings is 1. The normalized spacial score (nSPS) is 10.2. The minimum atomic E-state index is 0.255. The van der Waals surface area contributed by atoms with E-state index in [1.54, 1.807) is 30.6 Å². The molecule has 0 radical (unpaired) electrons. The van der Waals surface area contributed by atoms with Gasteiger partial charge in [0.15, 0.2) is 0 Å². The number of nitrogens with two attached hydrogens (primary N) is 1. The van der Waals surface area contributed by atoms with Crippen LogP contribution in [0.1, 0.15) is 5.56 Å². The third kappa shape index (κ3) is 2.14. The van der Waals surface area contributed by atoms with Gasteiger partial charge in [-0.15, -0.1) is 0 Å². The summed E-state index contributed by atoms with van der Waals surface area (Å²) < 4.78 is 0. The highest BCUT2D eigenvalue weighted by atomic mass is 16.3. The van der Waals surface area contributed by atoms with E-state index in [1.165, 1.54) is 0 Å². The summed E-state index contributed by atoms with van der Waals surface area (Å²) in [6.45, 7) is 0.472. The van der Waals surface area contributed by atoms with E-state index < -0.39 is 0 Å². The van der Waals surface area contributed by atoms with Gasteiger partial charge < -0.3 is 10.8 Å². The zero-order valence-electron chi connectivity index (χ0n) is 8.22. The predicted molar refractivity (Wildman–Crippen MR) is 59.2 cm³/mol. The monoisotopic (exact) mass is 200 g/mol. The first-order valence-corrected chi connectivity index (χ1v) is 4.73. The van der Waals surface area contributed by atoms with Gasteiger partial charge in [-0.1, -0.05) is 12.1 Å². The molecule has 0 aliphatic heterocycles. The van der Waals surface area contributed by atoms with Gasteiger partial charge in [0.25, 0.3) is 0 Å². The lowest BCUT2D eigenvalue weighted by Crippen LogP contribution is -1.96. The number of aromatic nitrogens is 1. The number of aromatic hydroxyl groups is 1. The standard InChI is InChI=1S/C12H12N2O/c13-6-9-4-11(8-14-7-9)10-2-1-3-12(15)5-10/h1-5,7-8,15H,6,13H2. The van der Waals surface area contributed by atoms with Gasteiger partial charge in [0.05, 0.1) is 0 Å².